The van der Waals surface area contributed by atoms with E-state index in [9.17, 15) is 4.79 Å². The fraction of sp³-hybridized carbons (Fsp3) is 0.900. The third kappa shape index (κ3) is 2.44. The first-order chi connectivity index (χ1) is 6.16. The Morgan fingerprint density at radius 3 is 2.69 bits per heavy atom. The van der Waals surface area contributed by atoms with Crippen molar-refractivity contribution in [1.29, 1.82) is 0 Å². The molecule has 0 radical (unpaired) electrons. The van der Waals surface area contributed by atoms with Crippen LogP contribution in [0.15, 0.2) is 0 Å². The summed E-state index contributed by atoms with van der Waals surface area (Å²) in [6.07, 6.45) is 2.13. The van der Waals surface area contributed by atoms with Crippen LogP contribution in [-0.2, 0) is 4.79 Å². The fourth-order valence-electron chi connectivity index (χ4n) is 1.87. The molecule has 1 saturated heterocycles. The Kier molecular flexibility index (Phi) is 3.72. The number of hydrogen-bond acceptors (Lipinski definition) is 2. The second kappa shape index (κ2) is 4.61. The molecule has 1 rings (SSSR count). The van der Waals surface area contributed by atoms with E-state index < -0.39 is 0 Å². The molecule has 0 saturated carbocycles. The van der Waals surface area contributed by atoms with Crippen LogP contribution in [0.25, 0.3) is 0 Å². The molecular formula is C10H20N2O. The highest BCUT2D eigenvalue weighted by Crippen LogP contribution is 2.10. The monoisotopic (exact) mass is 184 g/mol. The Hall–Kier alpha value is -0.570. The van der Waals surface area contributed by atoms with Gasteiger partial charge < -0.3 is 10.2 Å². The topological polar surface area (TPSA) is 32.3 Å². The smallest absolute Gasteiger partial charge is 0.239 e. The molecule has 1 amide bonds. The van der Waals surface area contributed by atoms with Gasteiger partial charge in [0.05, 0.1) is 6.04 Å². The summed E-state index contributed by atoms with van der Waals surface area (Å²) in [5.41, 5.74) is 0. The van der Waals surface area contributed by atoms with Gasteiger partial charge in [-0.2, -0.15) is 0 Å². The summed E-state index contributed by atoms with van der Waals surface area (Å²) in [5.74, 6) is 0.273. The molecule has 0 spiro atoms. The molecule has 1 unspecified atom stereocenters. The minimum absolute atomic E-state index is 0.0855. The van der Waals surface area contributed by atoms with Crippen molar-refractivity contribution >= 4 is 5.91 Å². The van der Waals surface area contributed by atoms with E-state index in [0.717, 1.165) is 25.9 Å². The molecule has 1 fully saturated rings. The van der Waals surface area contributed by atoms with Crippen molar-refractivity contribution in [3.8, 4) is 0 Å². The van der Waals surface area contributed by atoms with Crippen LogP contribution in [0.2, 0.25) is 0 Å². The number of nitrogens with one attached hydrogen (secondary N) is 1. The summed E-state index contributed by atoms with van der Waals surface area (Å²) < 4.78 is 0. The number of hydrogen-bond donors (Lipinski definition) is 1. The molecule has 13 heavy (non-hydrogen) atoms. The summed E-state index contributed by atoms with van der Waals surface area (Å²) in [7, 11) is 0. The van der Waals surface area contributed by atoms with Gasteiger partial charge in [-0.3, -0.25) is 4.79 Å². The van der Waals surface area contributed by atoms with Crippen LogP contribution >= 0.6 is 0 Å². The van der Waals surface area contributed by atoms with Crippen molar-refractivity contribution in [2.24, 2.45) is 0 Å². The number of likely N-dealkylation sites (N-methyl/N-ethyl adjacent to an activating group) is 1. The Balaban J connectivity index is 2.52. The number of rotatable bonds is 3. The maximum Gasteiger partial charge on any atom is 0.239 e. The first-order valence-electron chi connectivity index (χ1n) is 5.20. The molecule has 0 aromatic heterocycles. The Labute approximate surface area is 80.5 Å². The zero-order chi connectivity index (χ0) is 9.84. The molecule has 3 heteroatoms. The summed E-state index contributed by atoms with van der Waals surface area (Å²) in [4.78, 5) is 13.8. The molecule has 0 aliphatic carbocycles. The van der Waals surface area contributed by atoms with E-state index >= 15 is 0 Å². The van der Waals surface area contributed by atoms with Crippen LogP contribution in [0.1, 0.15) is 33.6 Å². The normalized spacial score (nSPS) is 22.3. The van der Waals surface area contributed by atoms with Gasteiger partial charge in [0.25, 0.3) is 0 Å². The highest BCUT2D eigenvalue weighted by atomic mass is 16.2. The summed E-state index contributed by atoms with van der Waals surface area (Å²) in [6.45, 7) is 7.97. The average molecular weight is 184 g/mol. The van der Waals surface area contributed by atoms with Crippen molar-refractivity contribution in [1.82, 2.24) is 10.2 Å². The second-order valence-electron chi connectivity index (χ2n) is 3.87. The van der Waals surface area contributed by atoms with Gasteiger partial charge in [-0.1, -0.05) is 0 Å². The molecule has 76 valence electrons. The summed E-state index contributed by atoms with van der Waals surface area (Å²) in [6, 6.07) is 0.405. The van der Waals surface area contributed by atoms with E-state index in [-0.39, 0.29) is 11.9 Å². The number of carbonyl (C=O) groups excluding carboxylic acids is 1. The van der Waals surface area contributed by atoms with Crippen LogP contribution < -0.4 is 5.32 Å². The van der Waals surface area contributed by atoms with E-state index in [0.29, 0.717) is 6.04 Å². The van der Waals surface area contributed by atoms with Crippen LogP contribution in [0, 0.1) is 0 Å². The van der Waals surface area contributed by atoms with Crippen LogP contribution in [0.5, 0.6) is 0 Å². The minimum atomic E-state index is 0.0855. The molecule has 1 atom stereocenters. The maximum absolute atomic E-state index is 11.9. The fourth-order valence-corrected chi connectivity index (χ4v) is 1.87. The number of carbonyl (C=O) groups is 1. The maximum atomic E-state index is 11.9. The first-order valence-corrected chi connectivity index (χ1v) is 5.20. The molecule has 0 bridgehead atoms. The van der Waals surface area contributed by atoms with Crippen LogP contribution in [0.4, 0.5) is 0 Å². The lowest BCUT2D eigenvalue weighted by Crippen LogP contribution is -2.46. The van der Waals surface area contributed by atoms with E-state index in [1.807, 2.05) is 11.8 Å². The molecule has 1 aliphatic heterocycles. The third-order valence-corrected chi connectivity index (χ3v) is 2.61. The van der Waals surface area contributed by atoms with E-state index in [4.69, 9.17) is 0 Å². The van der Waals surface area contributed by atoms with Gasteiger partial charge >= 0.3 is 0 Å². The van der Waals surface area contributed by atoms with Gasteiger partial charge in [0.2, 0.25) is 5.91 Å². The minimum Gasteiger partial charge on any atom is -0.339 e. The second-order valence-corrected chi connectivity index (χ2v) is 3.87. The highest BCUT2D eigenvalue weighted by Gasteiger charge is 2.26. The molecule has 3 nitrogen and oxygen atoms in total. The van der Waals surface area contributed by atoms with E-state index in [2.05, 4.69) is 19.2 Å². The highest BCUT2D eigenvalue weighted by molar-refractivity contribution is 5.82. The summed E-state index contributed by atoms with van der Waals surface area (Å²) >= 11 is 0. The van der Waals surface area contributed by atoms with Gasteiger partial charge in [0, 0.05) is 12.6 Å². The van der Waals surface area contributed by atoms with Gasteiger partial charge in [-0.15, -0.1) is 0 Å². The predicted molar refractivity (Wildman–Crippen MR) is 53.5 cm³/mol. The molecule has 1 aliphatic rings. The van der Waals surface area contributed by atoms with Crippen LogP contribution in [0.3, 0.4) is 0 Å². The SMILES string of the molecule is CCN(C(=O)C1CCCN1)C(C)C. The van der Waals surface area contributed by atoms with E-state index in [1.165, 1.54) is 0 Å². The lowest BCUT2D eigenvalue weighted by molar-refractivity contribution is -0.134. The number of nitrogens with zero attached hydrogens (tertiary/aromatic N) is 1. The van der Waals surface area contributed by atoms with Crippen molar-refractivity contribution in [2.75, 3.05) is 13.1 Å². The Morgan fingerprint density at radius 2 is 2.31 bits per heavy atom. The zero-order valence-electron chi connectivity index (χ0n) is 8.84. The third-order valence-electron chi connectivity index (χ3n) is 2.61. The van der Waals surface area contributed by atoms with Crippen molar-refractivity contribution in [3.05, 3.63) is 0 Å². The lowest BCUT2D eigenvalue weighted by atomic mass is 10.2. The van der Waals surface area contributed by atoms with Crippen molar-refractivity contribution in [2.45, 2.75) is 45.7 Å². The average Bonchev–Trinajstić information content (AvgIpc) is 2.56. The van der Waals surface area contributed by atoms with Gasteiger partial charge in [0.15, 0.2) is 0 Å². The van der Waals surface area contributed by atoms with Crippen molar-refractivity contribution < 1.29 is 4.79 Å². The van der Waals surface area contributed by atoms with Gasteiger partial charge in [-0.25, -0.2) is 0 Å². The zero-order valence-corrected chi connectivity index (χ0v) is 8.84. The molecular weight excluding hydrogens is 164 g/mol. The predicted octanol–water partition coefficient (Wildman–Crippen LogP) is 0.995. The summed E-state index contributed by atoms with van der Waals surface area (Å²) in [5, 5.41) is 3.23. The van der Waals surface area contributed by atoms with Crippen LogP contribution in [-0.4, -0.2) is 36.0 Å². The molecule has 0 aromatic rings. The number of amides is 1. The lowest BCUT2D eigenvalue weighted by Gasteiger charge is -2.27. The molecule has 1 heterocycles. The van der Waals surface area contributed by atoms with E-state index in [1.54, 1.807) is 0 Å². The van der Waals surface area contributed by atoms with Crippen molar-refractivity contribution in [3.63, 3.8) is 0 Å². The Morgan fingerprint density at radius 1 is 1.62 bits per heavy atom. The first kappa shape index (κ1) is 10.5. The Bertz CT molecular complexity index is 174. The quantitative estimate of drug-likeness (QED) is 0.709. The van der Waals surface area contributed by atoms with Gasteiger partial charge in [0.1, 0.15) is 0 Å². The largest absolute Gasteiger partial charge is 0.339 e. The standard InChI is InChI=1S/C10H20N2O/c1-4-12(8(2)3)10(13)9-6-5-7-11-9/h8-9,11H,4-7H2,1-3H3. The molecule has 0 aromatic carbocycles. The van der Waals surface area contributed by atoms with Gasteiger partial charge in [-0.05, 0) is 40.2 Å². The molecule has 1 N–H and O–H groups in total.